The highest BCUT2D eigenvalue weighted by atomic mass is 79.9. The van der Waals surface area contributed by atoms with Gasteiger partial charge in [-0.05, 0) is 6.42 Å². The molecule has 0 aromatic heterocycles. The minimum Gasteiger partial charge on any atom is -0.350 e. The first-order valence-electron chi connectivity index (χ1n) is 2.87. The highest BCUT2D eigenvalue weighted by Gasteiger charge is 1.92. The summed E-state index contributed by atoms with van der Waals surface area (Å²) in [5.74, 6) is 0. The zero-order valence-corrected chi connectivity index (χ0v) is 7.31. The number of primary amides is 1. The van der Waals surface area contributed by atoms with Gasteiger partial charge >= 0.3 is 6.03 Å². The van der Waals surface area contributed by atoms with Gasteiger partial charge in [0, 0.05) is 11.0 Å². The Labute approximate surface area is 68.0 Å². The van der Waals surface area contributed by atoms with Crippen LogP contribution in [0.15, 0.2) is 5.10 Å². The second kappa shape index (κ2) is 5.22. The van der Waals surface area contributed by atoms with E-state index in [4.69, 9.17) is 5.73 Å². The first-order chi connectivity index (χ1) is 4.70. The van der Waals surface area contributed by atoms with Crippen molar-refractivity contribution < 1.29 is 4.79 Å². The van der Waals surface area contributed by atoms with Crippen LogP contribution in [0.2, 0.25) is 0 Å². The van der Waals surface area contributed by atoms with E-state index in [9.17, 15) is 4.79 Å². The van der Waals surface area contributed by atoms with Crippen molar-refractivity contribution in [1.29, 1.82) is 0 Å². The minimum atomic E-state index is -0.632. The zero-order chi connectivity index (χ0) is 7.98. The normalized spacial score (nSPS) is 11.2. The summed E-state index contributed by atoms with van der Waals surface area (Å²) in [7, 11) is 0. The molecule has 0 heterocycles. The van der Waals surface area contributed by atoms with Crippen molar-refractivity contribution in [3.63, 3.8) is 0 Å². The summed E-state index contributed by atoms with van der Waals surface area (Å²) in [6.07, 6.45) is 0.797. The number of hydrazone groups is 1. The number of amides is 2. The first kappa shape index (κ1) is 9.42. The smallest absolute Gasteiger partial charge is 0.332 e. The molecule has 0 bridgehead atoms. The molecule has 0 aliphatic heterocycles. The lowest BCUT2D eigenvalue weighted by Gasteiger charge is -1.96. The maximum atomic E-state index is 10.1. The quantitative estimate of drug-likeness (QED) is 0.402. The molecule has 58 valence electrons. The van der Waals surface area contributed by atoms with Crippen molar-refractivity contribution in [3.05, 3.63) is 0 Å². The van der Waals surface area contributed by atoms with Crippen LogP contribution in [0.5, 0.6) is 0 Å². The summed E-state index contributed by atoms with van der Waals surface area (Å²) in [5.41, 5.74) is 7.78. The largest absolute Gasteiger partial charge is 0.350 e. The maximum absolute atomic E-state index is 10.1. The summed E-state index contributed by atoms with van der Waals surface area (Å²) >= 11 is 3.20. The minimum absolute atomic E-state index is 0.632. The van der Waals surface area contributed by atoms with Gasteiger partial charge in [-0.1, -0.05) is 22.9 Å². The van der Waals surface area contributed by atoms with Crippen LogP contribution in [-0.2, 0) is 0 Å². The van der Waals surface area contributed by atoms with E-state index in [1.165, 1.54) is 0 Å². The number of urea groups is 1. The summed E-state index contributed by atoms with van der Waals surface area (Å²) in [6, 6.07) is -0.632. The fourth-order valence-electron chi connectivity index (χ4n) is 0.338. The third-order valence-corrected chi connectivity index (χ3v) is 1.53. The molecule has 0 unspecified atom stereocenters. The van der Waals surface area contributed by atoms with E-state index in [1.807, 2.05) is 6.92 Å². The van der Waals surface area contributed by atoms with Crippen LogP contribution < -0.4 is 11.2 Å². The molecule has 0 rings (SSSR count). The molecule has 0 fully saturated rings. The second-order valence-corrected chi connectivity index (χ2v) is 2.20. The van der Waals surface area contributed by atoms with E-state index < -0.39 is 6.03 Å². The monoisotopic (exact) mass is 207 g/mol. The SMILES string of the molecule is CC/C(CBr)=N/NC(N)=O. The van der Waals surface area contributed by atoms with Crippen LogP contribution in [0.1, 0.15) is 13.3 Å². The molecular weight excluding hydrogens is 198 g/mol. The van der Waals surface area contributed by atoms with E-state index in [0.717, 1.165) is 12.1 Å². The Kier molecular flexibility index (Phi) is 4.92. The van der Waals surface area contributed by atoms with Crippen LogP contribution in [0.3, 0.4) is 0 Å². The highest BCUT2D eigenvalue weighted by molar-refractivity contribution is 9.09. The van der Waals surface area contributed by atoms with Gasteiger partial charge in [-0.25, -0.2) is 10.2 Å². The lowest BCUT2D eigenvalue weighted by atomic mass is 10.3. The number of nitrogens with one attached hydrogen (secondary N) is 1. The van der Waals surface area contributed by atoms with Crippen LogP contribution in [0.25, 0.3) is 0 Å². The molecule has 0 aliphatic carbocycles. The van der Waals surface area contributed by atoms with Gasteiger partial charge in [-0.3, -0.25) is 0 Å². The number of nitrogens with two attached hydrogens (primary N) is 1. The standard InChI is InChI=1S/C5H10BrN3O/c1-2-4(3-6)8-9-5(7)10/h2-3H2,1H3,(H3,7,9,10)/b8-4-. The molecule has 0 aliphatic rings. The Bertz CT molecular complexity index is 140. The molecular formula is C5H10BrN3O. The van der Waals surface area contributed by atoms with Crippen molar-refractivity contribution in [2.75, 3.05) is 5.33 Å². The lowest BCUT2D eigenvalue weighted by Crippen LogP contribution is -2.25. The van der Waals surface area contributed by atoms with Crippen LogP contribution in [0, 0.1) is 0 Å². The highest BCUT2D eigenvalue weighted by Crippen LogP contribution is 1.89. The summed E-state index contributed by atoms with van der Waals surface area (Å²) in [6.45, 7) is 1.95. The molecule has 0 atom stereocenters. The van der Waals surface area contributed by atoms with E-state index in [2.05, 4.69) is 26.5 Å². The van der Waals surface area contributed by atoms with Crippen molar-refractivity contribution in [2.45, 2.75) is 13.3 Å². The molecule has 2 amide bonds. The van der Waals surface area contributed by atoms with Crippen molar-refractivity contribution in [3.8, 4) is 0 Å². The Balaban J connectivity index is 3.74. The summed E-state index contributed by atoms with van der Waals surface area (Å²) in [4.78, 5) is 10.1. The average Bonchev–Trinajstić information content (AvgIpc) is 1.90. The second-order valence-electron chi connectivity index (χ2n) is 1.64. The number of hydrogen-bond acceptors (Lipinski definition) is 2. The molecule has 3 N–H and O–H groups in total. The molecule has 10 heavy (non-hydrogen) atoms. The topological polar surface area (TPSA) is 67.5 Å². The average molecular weight is 208 g/mol. The van der Waals surface area contributed by atoms with Gasteiger partial charge in [0.05, 0.1) is 0 Å². The molecule has 0 aromatic carbocycles. The van der Waals surface area contributed by atoms with Gasteiger partial charge in [0.2, 0.25) is 0 Å². The molecule has 0 saturated heterocycles. The van der Waals surface area contributed by atoms with E-state index in [-0.39, 0.29) is 0 Å². The predicted molar refractivity (Wildman–Crippen MR) is 44.2 cm³/mol. The van der Waals surface area contributed by atoms with Gasteiger partial charge in [-0.2, -0.15) is 5.10 Å². The maximum Gasteiger partial charge on any atom is 0.332 e. The number of halogens is 1. The lowest BCUT2D eigenvalue weighted by molar-refractivity contribution is 0.249. The first-order valence-corrected chi connectivity index (χ1v) is 3.99. The van der Waals surface area contributed by atoms with Crippen LogP contribution in [0.4, 0.5) is 4.79 Å². The van der Waals surface area contributed by atoms with Crippen LogP contribution >= 0.6 is 15.9 Å². The van der Waals surface area contributed by atoms with Crippen molar-refractivity contribution in [1.82, 2.24) is 5.43 Å². The number of alkyl halides is 1. The van der Waals surface area contributed by atoms with Gasteiger partial charge in [0.25, 0.3) is 0 Å². The van der Waals surface area contributed by atoms with Crippen molar-refractivity contribution >= 4 is 27.7 Å². The number of rotatable bonds is 3. The molecule has 0 saturated carbocycles. The van der Waals surface area contributed by atoms with Gasteiger partial charge in [0.15, 0.2) is 0 Å². The Morgan fingerprint density at radius 3 is 2.70 bits per heavy atom. The van der Waals surface area contributed by atoms with Gasteiger partial charge < -0.3 is 5.73 Å². The third kappa shape index (κ3) is 4.31. The molecule has 0 aromatic rings. The van der Waals surface area contributed by atoms with E-state index in [0.29, 0.717) is 5.33 Å². The van der Waals surface area contributed by atoms with E-state index in [1.54, 1.807) is 0 Å². The molecule has 4 nitrogen and oxygen atoms in total. The Morgan fingerprint density at radius 1 is 1.80 bits per heavy atom. The summed E-state index contributed by atoms with van der Waals surface area (Å²) < 4.78 is 0. The Morgan fingerprint density at radius 2 is 2.40 bits per heavy atom. The molecule has 0 spiro atoms. The van der Waals surface area contributed by atoms with Gasteiger partial charge in [-0.15, -0.1) is 0 Å². The number of hydrogen-bond donors (Lipinski definition) is 2. The van der Waals surface area contributed by atoms with Crippen molar-refractivity contribution in [2.24, 2.45) is 10.8 Å². The summed E-state index contributed by atoms with van der Waals surface area (Å²) in [5, 5.41) is 4.36. The zero-order valence-electron chi connectivity index (χ0n) is 5.72. The number of carbonyl (C=O) groups excluding carboxylic acids is 1. The molecule has 0 radical (unpaired) electrons. The molecule has 5 heteroatoms. The van der Waals surface area contributed by atoms with Crippen LogP contribution in [-0.4, -0.2) is 17.1 Å². The predicted octanol–water partition coefficient (Wildman–Crippen LogP) is 0.816. The number of nitrogens with zero attached hydrogens (tertiary/aromatic N) is 1. The third-order valence-electron chi connectivity index (χ3n) is 0.887. The fourth-order valence-corrected chi connectivity index (χ4v) is 0.859. The number of carbonyl (C=O) groups is 1. The van der Waals surface area contributed by atoms with Gasteiger partial charge in [0.1, 0.15) is 0 Å². The fraction of sp³-hybridized carbons (Fsp3) is 0.600. The Hall–Kier alpha value is -0.580. The van der Waals surface area contributed by atoms with E-state index >= 15 is 0 Å².